The molecule has 0 saturated heterocycles. The number of thiazole rings is 1. The van der Waals surface area contributed by atoms with Crippen LogP contribution < -0.4 is 0 Å². The maximum atomic E-state index is 11.3. The van der Waals surface area contributed by atoms with Crippen LogP contribution in [0.15, 0.2) is 10.1 Å². The first-order valence-electron chi connectivity index (χ1n) is 4.50. The summed E-state index contributed by atoms with van der Waals surface area (Å²) >= 11 is 4.90. The van der Waals surface area contributed by atoms with Gasteiger partial charge in [-0.1, -0.05) is 0 Å². The summed E-state index contributed by atoms with van der Waals surface area (Å²) in [5.74, 6) is 0.349. The van der Waals surface area contributed by atoms with E-state index < -0.39 is 0 Å². The zero-order chi connectivity index (χ0) is 10.1. The quantitative estimate of drug-likeness (QED) is 0.796. The predicted octanol–water partition coefficient (Wildman–Crippen LogP) is 2.57. The molecule has 0 aliphatic heterocycles. The third-order valence-corrected chi connectivity index (χ3v) is 3.85. The molecule has 1 unspecified atom stereocenters. The van der Waals surface area contributed by atoms with Crippen molar-refractivity contribution < 1.29 is 9.53 Å². The number of hydrogen-bond acceptors (Lipinski definition) is 4. The molecule has 0 aromatic carbocycles. The van der Waals surface area contributed by atoms with Crippen molar-refractivity contribution in [2.75, 3.05) is 6.61 Å². The number of ether oxygens (including phenoxy) is 1. The molecule has 5 heteroatoms. The van der Waals surface area contributed by atoms with Gasteiger partial charge in [0.25, 0.3) is 0 Å². The molecule has 3 nitrogen and oxygen atoms in total. The maximum Gasteiger partial charge on any atom is 0.309 e. The zero-order valence-electron chi connectivity index (χ0n) is 7.70. The topological polar surface area (TPSA) is 39.2 Å². The second-order valence-electron chi connectivity index (χ2n) is 3.22. The van der Waals surface area contributed by atoms with Crippen LogP contribution in [0.1, 0.15) is 24.1 Å². The van der Waals surface area contributed by atoms with Crippen LogP contribution in [0.3, 0.4) is 0 Å². The van der Waals surface area contributed by atoms with Gasteiger partial charge in [-0.25, -0.2) is 4.98 Å². The van der Waals surface area contributed by atoms with Crippen LogP contribution in [0.5, 0.6) is 0 Å². The number of nitrogens with zero attached hydrogens (tertiary/aromatic N) is 1. The lowest BCUT2D eigenvalue weighted by Crippen LogP contribution is -2.06. The second-order valence-corrected chi connectivity index (χ2v) is 5.55. The molecule has 1 aromatic rings. The highest BCUT2D eigenvalue weighted by Crippen LogP contribution is 2.50. The normalized spacial score (nSPS) is 24.7. The average Bonchev–Trinajstić information content (AvgIpc) is 2.84. The molecule has 1 fully saturated rings. The minimum atomic E-state index is -0.0676. The number of rotatable bonds is 3. The second kappa shape index (κ2) is 3.98. The lowest BCUT2D eigenvalue weighted by Gasteiger charge is -1.98. The summed E-state index contributed by atoms with van der Waals surface area (Å²) < 4.78 is 5.83. The standard InChI is InChI=1S/C9H10BrNO2S/c1-2-13-8(12)6-3-5(6)7-4-11-9(10)14-7/h4-6H,2-3H2,1H3/t5-,6?/m0/s1. The molecule has 2 rings (SSSR count). The molecule has 1 aliphatic carbocycles. The van der Waals surface area contributed by atoms with E-state index in [9.17, 15) is 4.79 Å². The van der Waals surface area contributed by atoms with Gasteiger partial charge in [0.2, 0.25) is 0 Å². The van der Waals surface area contributed by atoms with E-state index >= 15 is 0 Å². The molecule has 1 heterocycles. The summed E-state index contributed by atoms with van der Waals surface area (Å²) in [6, 6.07) is 0. The van der Waals surface area contributed by atoms with Crippen molar-refractivity contribution in [3.8, 4) is 0 Å². The van der Waals surface area contributed by atoms with Crippen molar-refractivity contribution in [1.82, 2.24) is 4.98 Å². The molecule has 1 saturated carbocycles. The van der Waals surface area contributed by atoms with Crippen molar-refractivity contribution in [1.29, 1.82) is 0 Å². The van der Waals surface area contributed by atoms with E-state index in [4.69, 9.17) is 4.74 Å². The Morgan fingerprint density at radius 3 is 3.21 bits per heavy atom. The van der Waals surface area contributed by atoms with Crippen molar-refractivity contribution in [3.05, 3.63) is 15.0 Å². The van der Waals surface area contributed by atoms with Crippen LogP contribution in [0.2, 0.25) is 0 Å². The Kier molecular flexibility index (Phi) is 2.88. The lowest BCUT2D eigenvalue weighted by atomic mass is 10.3. The molecular formula is C9H10BrNO2S. The number of carbonyl (C=O) groups excluding carboxylic acids is 1. The smallest absolute Gasteiger partial charge is 0.309 e. The van der Waals surface area contributed by atoms with Gasteiger partial charge < -0.3 is 4.74 Å². The van der Waals surface area contributed by atoms with Crippen LogP contribution in [-0.4, -0.2) is 17.6 Å². The fraction of sp³-hybridized carbons (Fsp3) is 0.556. The van der Waals surface area contributed by atoms with Gasteiger partial charge in [0.15, 0.2) is 3.92 Å². The van der Waals surface area contributed by atoms with Gasteiger partial charge in [-0.15, -0.1) is 11.3 Å². The summed E-state index contributed by atoms with van der Waals surface area (Å²) in [6.45, 7) is 2.30. The first-order chi connectivity index (χ1) is 6.72. The van der Waals surface area contributed by atoms with Gasteiger partial charge in [0.1, 0.15) is 0 Å². The fourth-order valence-corrected chi connectivity index (χ4v) is 2.94. The van der Waals surface area contributed by atoms with E-state index in [0.29, 0.717) is 12.5 Å². The monoisotopic (exact) mass is 275 g/mol. The molecule has 0 amide bonds. The van der Waals surface area contributed by atoms with Gasteiger partial charge >= 0.3 is 5.97 Å². The number of halogens is 1. The minimum Gasteiger partial charge on any atom is -0.466 e. The molecule has 1 aromatic heterocycles. The molecule has 0 bridgehead atoms. The van der Waals surface area contributed by atoms with Crippen LogP contribution in [0.4, 0.5) is 0 Å². The summed E-state index contributed by atoms with van der Waals surface area (Å²) in [6.07, 6.45) is 2.74. The van der Waals surface area contributed by atoms with E-state index in [-0.39, 0.29) is 11.9 Å². The Balaban J connectivity index is 1.96. The first-order valence-corrected chi connectivity index (χ1v) is 6.11. The molecule has 0 N–H and O–H groups in total. The summed E-state index contributed by atoms with van der Waals surface area (Å²) in [5, 5.41) is 0. The van der Waals surface area contributed by atoms with E-state index in [0.717, 1.165) is 10.3 Å². The highest BCUT2D eigenvalue weighted by atomic mass is 79.9. The van der Waals surface area contributed by atoms with Crippen LogP contribution in [0.25, 0.3) is 0 Å². The third kappa shape index (κ3) is 1.98. The first kappa shape index (κ1) is 10.1. The Hall–Kier alpha value is -0.420. The fourth-order valence-electron chi connectivity index (χ4n) is 1.45. The van der Waals surface area contributed by atoms with E-state index in [1.54, 1.807) is 11.3 Å². The van der Waals surface area contributed by atoms with Gasteiger partial charge in [0, 0.05) is 17.0 Å². The Bertz CT molecular complexity index is 352. The van der Waals surface area contributed by atoms with E-state index in [1.807, 2.05) is 13.1 Å². The summed E-state index contributed by atoms with van der Waals surface area (Å²) in [4.78, 5) is 16.6. The van der Waals surface area contributed by atoms with Crippen molar-refractivity contribution in [2.24, 2.45) is 5.92 Å². The Morgan fingerprint density at radius 1 is 1.86 bits per heavy atom. The predicted molar refractivity (Wildman–Crippen MR) is 57.3 cm³/mol. The van der Waals surface area contributed by atoms with Crippen molar-refractivity contribution in [2.45, 2.75) is 19.3 Å². The number of carbonyl (C=O) groups is 1. The molecule has 1 aliphatic rings. The van der Waals surface area contributed by atoms with Crippen LogP contribution in [0, 0.1) is 5.92 Å². The minimum absolute atomic E-state index is 0.0676. The molecule has 0 spiro atoms. The van der Waals surface area contributed by atoms with E-state index in [2.05, 4.69) is 20.9 Å². The van der Waals surface area contributed by atoms with Crippen molar-refractivity contribution >= 4 is 33.2 Å². The largest absolute Gasteiger partial charge is 0.466 e. The SMILES string of the molecule is CCOC(=O)C1C[C@@H]1c1cnc(Br)s1. The van der Waals surface area contributed by atoms with Gasteiger partial charge in [-0.05, 0) is 29.3 Å². The van der Waals surface area contributed by atoms with Crippen LogP contribution >= 0.6 is 27.3 Å². The van der Waals surface area contributed by atoms with E-state index in [1.165, 1.54) is 4.88 Å². The Morgan fingerprint density at radius 2 is 2.64 bits per heavy atom. The number of aromatic nitrogens is 1. The number of esters is 1. The molecule has 2 atom stereocenters. The van der Waals surface area contributed by atoms with Crippen molar-refractivity contribution in [3.63, 3.8) is 0 Å². The Labute approximate surface area is 94.6 Å². The third-order valence-electron chi connectivity index (χ3n) is 2.24. The molecule has 0 radical (unpaired) electrons. The van der Waals surface area contributed by atoms with Gasteiger partial charge in [0.05, 0.1) is 12.5 Å². The number of hydrogen-bond donors (Lipinski definition) is 0. The summed E-state index contributed by atoms with van der Waals surface area (Å²) in [7, 11) is 0. The molecule has 14 heavy (non-hydrogen) atoms. The highest BCUT2D eigenvalue weighted by Gasteiger charge is 2.46. The summed E-state index contributed by atoms with van der Waals surface area (Å²) in [5.41, 5.74) is 0. The molecular weight excluding hydrogens is 266 g/mol. The van der Waals surface area contributed by atoms with Gasteiger partial charge in [-0.2, -0.15) is 0 Å². The highest BCUT2D eigenvalue weighted by molar-refractivity contribution is 9.11. The van der Waals surface area contributed by atoms with Gasteiger partial charge in [-0.3, -0.25) is 4.79 Å². The average molecular weight is 276 g/mol. The molecule has 76 valence electrons. The lowest BCUT2D eigenvalue weighted by molar-refractivity contribution is -0.144. The van der Waals surface area contributed by atoms with Crippen LogP contribution in [-0.2, 0) is 9.53 Å². The maximum absolute atomic E-state index is 11.3. The zero-order valence-corrected chi connectivity index (χ0v) is 10.1.